The van der Waals surface area contributed by atoms with Crippen LogP contribution in [0.15, 0.2) is 6.07 Å². The number of nitrogens with zero attached hydrogens (tertiary/aromatic N) is 2. The maximum absolute atomic E-state index is 6.12. The first-order valence-corrected chi connectivity index (χ1v) is 7.54. The number of nitrogens with one attached hydrogen (secondary N) is 2. The quantitative estimate of drug-likeness (QED) is 0.789. The van der Waals surface area contributed by atoms with E-state index in [-0.39, 0.29) is 0 Å². The summed E-state index contributed by atoms with van der Waals surface area (Å²) in [4.78, 5) is 6.76. The van der Waals surface area contributed by atoms with Crippen molar-refractivity contribution < 1.29 is 4.74 Å². The zero-order valence-corrected chi connectivity index (χ0v) is 13.1. The van der Waals surface area contributed by atoms with Crippen molar-refractivity contribution in [2.45, 2.75) is 6.42 Å². The number of rotatable bonds is 6. The molecule has 1 aliphatic heterocycles. The molecule has 0 bridgehead atoms. The highest BCUT2D eigenvalue weighted by Gasteiger charge is 2.10. The van der Waals surface area contributed by atoms with Gasteiger partial charge in [-0.05, 0) is 19.0 Å². The maximum atomic E-state index is 6.12. The summed E-state index contributed by atoms with van der Waals surface area (Å²) in [6, 6.07) is 1.70. The molecule has 1 aromatic heterocycles. The number of ether oxygens (including phenoxy) is 1. The molecule has 1 aromatic rings. The summed E-state index contributed by atoms with van der Waals surface area (Å²) >= 11 is 12.1. The zero-order chi connectivity index (χ0) is 14.4. The standard InChI is InChI=1S/C13H20Cl2N4O/c1-16-12-10(14)9-11(15)13(18-12)17-3-2-4-19-5-7-20-8-6-19/h9H,2-8H2,1H3,(H2,16,17,18). The number of morpholine rings is 1. The van der Waals surface area contributed by atoms with Crippen molar-refractivity contribution in [1.82, 2.24) is 9.88 Å². The van der Waals surface area contributed by atoms with Crippen molar-refractivity contribution in [3.63, 3.8) is 0 Å². The van der Waals surface area contributed by atoms with Gasteiger partial charge in [0.2, 0.25) is 0 Å². The molecule has 1 aliphatic rings. The summed E-state index contributed by atoms with van der Waals surface area (Å²) < 4.78 is 5.32. The number of aromatic nitrogens is 1. The Bertz CT molecular complexity index is 439. The van der Waals surface area contributed by atoms with E-state index >= 15 is 0 Å². The van der Waals surface area contributed by atoms with Crippen LogP contribution in [0.2, 0.25) is 10.0 Å². The van der Waals surface area contributed by atoms with E-state index in [9.17, 15) is 0 Å². The van der Waals surface area contributed by atoms with E-state index in [1.807, 2.05) is 0 Å². The molecule has 2 heterocycles. The Labute approximate surface area is 129 Å². The second-order valence-electron chi connectivity index (χ2n) is 4.63. The van der Waals surface area contributed by atoms with E-state index in [1.54, 1.807) is 13.1 Å². The fraction of sp³-hybridized carbons (Fsp3) is 0.615. The minimum atomic E-state index is 0.524. The number of pyridine rings is 1. The summed E-state index contributed by atoms with van der Waals surface area (Å²) in [6.07, 6.45) is 1.04. The molecule has 7 heteroatoms. The first-order chi connectivity index (χ1) is 9.70. The average Bonchev–Trinajstić information content (AvgIpc) is 2.46. The molecule has 20 heavy (non-hydrogen) atoms. The molecule has 5 nitrogen and oxygen atoms in total. The van der Waals surface area contributed by atoms with Crippen LogP contribution < -0.4 is 10.6 Å². The summed E-state index contributed by atoms with van der Waals surface area (Å²) in [6.45, 7) is 5.59. The summed E-state index contributed by atoms with van der Waals surface area (Å²) in [5.74, 6) is 1.30. The van der Waals surface area contributed by atoms with Gasteiger partial charge in [0.1, 0.15) is 11.6 Å². The monoisotopic (exact) mass is 318 g/mol. The van der Waals surface area contributed by atoms with Gasteiger partial charge in [-0.3, -0.25) is 4.90 Å². The van der Waals surface area contributed by atoms with E-state index < -0.39 is 0 Å². The molecule has 0 spiro atoms. The normalized spacial score (nSPS) is 16.1. The lowest BCUT2D eigenvalue weighted by molar-refractivity contribution is 0.0378. The molecule has 0 unspecified atom stereocenters. The molecule has 0 amide bonds. The van der Waals surface area contributed by atoms with Crippen molar-refractivity contribution in [2.24, 2.45) is 0 Å². The van der Waals surface area contributed by atoms with Gasteiger partial charge >= 0.3 is 0 Å². The third-order valence-electron chi connectivity index (χ3n) is 3.21. The molecule has 2 rings (SSSR count). The first kappa shape index (κ1) is 15.6. The van der Waals surface area contributed by atoms with Crippen LogP contribution in [0.3, 0.4) is 0 Å². The Kier molecular flexibility index (Phi) is 6.16. The smallest absolute Gasteiger partial charge is 0.147 e. The summed E-state index contributed by atoms with van der Waals surface area (Å²) in [5.41, 5.74) is 0. The number of hydrogen-bond acceptors (Lipinski definition) is 5. The second kappa shape index (κ2) is 7.88. The lowest BCUT2D eigenvalue weighted by atomic mass is 10.3. The van der Waals surface area contributed by atoms with E-state index in [0.29, 0.717) is 21.7 Å². The number of anilines is 2. The minimum Gasteiger partial charge on any atom is -0.379 e. The number of halogens is 2. The van der Waals surface area contributed by atoms with Gasteiger partial charge in [0, 0.05) is 26.7 Å². The molecular formula is C13H20Cl2N4O. The van der Waals surface area contributed by atoms with Crippen LogP contribution in [0.1, 0.15) is 6.42 Å². The zero-order valence-electron chi connectivity index (χ0n) is 11.6. The highest BCUT2D eigenvalue weighted by atomic mass is 35.5. The van der Waals surface area contributed by atoms with Crippen LogP contribution in [-0.2, 0) is 4.74 Å². The Morgan fingerprint density at radius 2 is 1.95 bits per heavy atom. The molecule has 0 saturated carbocycles. The molecule has 1 saturated heterocycles. The molecule has 0 aliphatic carbocycles. The summed E-state index contributed by atoms with van der Waals surface area (Å²) in [7, 11) is 1.78. The molecule has 0 radical (unpaired) electrons. The Balaban J connectivity index is 1.78. The largest absolute Gasteiger partial charge is 0.379 e. The van der Waals surface area contributed by atoms with Gasteiger partial charge in [-0.1, -0.05) is 23.2 Å². The molecule has 0 atom stereocenters. The Hall–Kier alpha value is -0.750. The van der Waals surface area contributed by atoms with Gasteiger partial charge < -0.3 is 15.4 Å². The molecule has 0 aromatic carbocycles. The van der Waals surface area contributed by atoms with Crippen LogP contribution in [0, 0.1) is 0 Å². The lowest BCUT2D eigenvalue weighted by Gasteiger charge is -2.26. The van der Waals surface area contributed by atoms with Crippen molar-refractivity contribution in [1.29, 1.82) is 0 Å². The maximum Gasteiger partial charge on any atom is 0.147 e. The third-order valence-corrected chi connectivity index (χ3v) is 3.79. The SMILES string of the molecule is CNc1nc(NCCCN2CCOCC2)c(Cl)cc1Cl. The average molecular weight is 319 g/mol. The fourth-order valence-electron chi connectivity index (χ4n) is 2.10. The van der Waals surface area contributed by atoms with Crippen LogP contribution in [0.4, 0.5) is 11.6 Å². The van der Waals surface area contributed by atoms with Crippen molar-refractivity contribution in [3.05, 3.63) is 16.1 Å². The van der Waals surface area contributed by atoms with E-state index in [2.05, 4.69) is 20.5 Å². The topological polar surface area (TPSA) is 49.4 Å². The highest BCUT2D eigenvalue weighted by Crippen LogP contribution is 2.28. The molecular weight excluding hydrogens is 299 g/mol. The van der Waals surface area contributed by atoms with Gasteiger partial charge in [-0.25, -0.2) is 4.98 Å². The third kappa shape index (κ3) is 4.38. The molecule has 1 fully saturated rings. The second-order valence-corrected chi connectivity index (χ2v) is 5.45. The van der Waals surface area contributed by atoms with Crippen molar-refractivity contribution >= 4 is 34.8 Å². The van der Waals surface area contributed by atoms with Crippen LogP contribution in [-0.4, -0.2) is 56.3 Å². The van der Waals surface area contributed by atoms with Gasteiger partial charge in [0.05, 0.1) is 23.3 Å². The van der Waals surface area contributed by atoms with Gasteiger partial charge in [-0.15, -0.1) is 0 Å². The fourth-order valence-corrected chi connectivity index (χ4v) is 2.62. The van der Waals surface area contributed by atoms with Gasteiger partial charge in [0.15, 0.2) is 0 Å². The van der Waals surface area contributed by atoms with Crippen LogP contribution in [0.5, 0.6) is 0 Å². The molecule has 112 valence electrons. The first-order valence-electron chi connectivity index (χ1n) is 6.78. The molecule has 2 N–H and O–H groups in total. The predicted octanol–water partition coefficient (Wildman–Crippen LogP) is 2.56. The van der Waals surface area contributed by atoms with E-state index in [1.165, 1.54) is 0 Å². The number of hydrogen-bond donors (Lipinski definition) is 2. The van der Waals surface area contributed by atoms with Crippen LogP contribution in [0.25, 0.3) is 0 Å². The highest BCUT2D eigenvalue weighted by molar-refractivity contribution is 6.37. The van der Waals surface area contributed by atoms with E-state index in [0.717, 1.165) is 45.8 Å². The summed E-state index contributed by atoms with van der Waals surface area (Å²) in [5, 5.41) is 7.26. The Morgan fingerprint density at radius 3 is 2.65 bits per heavy atom. The Morgan fingerprint density at radius 1 is 1.25 bits per heavy atom. The van der Waals surface area contributed by atoms with Crippen LogP contribution >= 0.6 is 23.2 Å². The van der Waals surface area contributed by atoms with Crippen molar-refractivity contribution in [2.75, 3.05) is 57.1 Å². The minimum absolute atomic E-state index is 0.524. The van der Waals surface area contributed by atoms with Gasteiger partial charge in [-0.2, -0.15) is 0 Å². The van der Waals surface area contributed by atoms with Gasteiger partial charge in [0.25, 0.3) is 0 Å². The lowest BCUT2D eigenvalue weighted by Crippen LogP contribution is -2.37. The predicted molar refractivity (Wildman–Crippen MR) is 84.2 cm³/mol. The van der Waals surface area contributed by atoms with Crippen molar-refractivity contribution in [3.8, 4) is 0 Å². The van der Waals surface area contributed by atoms with E-state index in [4.69, 9.17) is 27.9 Å².